The summed E-state index contributed by atoms with van der Waals surface area (Å²) in [5, 5.41) is 11.6. The van der Waals surface area contributed by atoms with Crippen molar-refractivity contribution < 1.29 is 23.0 Å². The van der Waals surface area contributed by atoms with Crippen molar-refractivity contribution in [2.75, 3.05) is 16.9 Å². The number of benzene rings is 2. The van der Waals surface area contributed by atoms with Crippen LogP contribution in [0.2, 0.25) is 10.0 Å². The van der Waals surface area contributed by atoms with Crippen LogP contribution in [0.5, 0.6) is 11.5 Å². The van der Waals surface area contributed by atoms with Crippen molar-refractivity contribution in [1.29, 1.82) is 0 Å². The highest BCUT2D eigenvalue weighted by Gasteiger charge is 2.43. The van der Waals surface area contributed by atoms with Gasteiger partial charge in [-0.2, -0.15) is 0 Å². The van der Waals surface area contributed by atoms with Crippen molar-refractivity contribution in [1.82, 2.24) is 14.9 Å². The summed E-state index contributed by atoms with van der Waals surface area (Å²) in [6.45, 7) is 0. The SMILES string of the molecule is Nn1c(SCC(=O)Nc2ccc3c(c2)OC(F)(F)O3)nnc1-c1cc(Cl)ccc1Cl. The van der Waals surface area contributed by atoms with Crippen LogP contribution in [0, 0.1) is 0 Å². The molecule has 0 saturated heterocycles. The van der Waals surface area contributed by atoms with Gasteiger partial charge in [-0.3, -0.25) is 4.79 Å². The lowest BCUT2D eigenvalue weighted by atomic mass is 10.2. The molecule has 8 nitrogen and oxygen atoms in total. The minimum Gasteiger partial charge on any atom is -0.395 e. The maximum Gasteiger partial charge on any atom is 0.586 e. The molecule has 156 valence electrons. The number of rotatable bonds is 5. The molecule has 2 heterocycles. The van der Waals surface area contributed by atoms with E-state index >= 15 is 0 Å². The molecule has 3 N–H and O–H groups in total. The quantitative estimate of drug-likeness (QED) is 0.425. The summed E-state index contributed by atoms with van der Waals surface area (Å²) < 4.78 is 36.0. The predicted molar refractivity (Wildman–Crippen MR) is 108 cm³/mol. The Bertz CT molecular complexity index is 1140. The van der Waals surface area contributed by atoms with Crippen LogP contribution in [-0.4, -0.2) is 32.8 Å². The molecule has 1 aliphatic heterocycles. The van der Waals surface area contributed by atoms with Crippen molar-refractivity contribution in [2.45, 2.75) is 11.5 Å². The molecule has 30 heavy (non-hydrogen) atoms. The molecule has 4 rings (SSSR count). The van der Waals surface area contributed by atoms with Crippen LogP contribution in [0.15, 0.2) is 41.6 Å². The Hall–Kier alpha value is -2.76. The molecule has 3 aromatic rings. The number of amides is 1. The number of alkyl halides is 2. The summed E-state index contributed by atoms with van der Waals surface area (Å²) >= 11 is 13.2. The van der Waals surface area contributed by atoms with E-state index in [1.54, 1.807) is 18.2 Å². The molecule has 0 spiro atoms. The molecule has 1 aromatic heterocycles. The lowest BCUT2D eigenvalue weighted by Crippen LogP contribution is -2.25. The smallest absolute Gasteiger partial charge is 0.395 e. The lowest BCUT2D eigenvalue weighted by Gasteiger charge is -2.07. The molecule has 13 heteroatoms. The third kappa shape index (κ3) is 4.23. The van der Waals surface area contributed by atoms with Crippen LogP contribution in [0.3, 0.4) is 0 Å². The number of fused-ring (bicyclic) bond motifs is 1. The first-order valence-corrected chi connectivity index (χ1v) is 9.94. The van der Waals surface area contributed by atoms with Crippen molar-refractivity contribution >= 4 is 46.6 Å². The van der Waals surface area contributed by atoms with Crippen molar-refractivity contribution in [3.05, 3.63) is 46.4 Å². The zero-order chi connectivity index (χ0) is 21.5. The van der Waals surface area contributed by atoms with Gasteiger partial charge >= 0.3 is 6.29 Å². The first-order valence-electron chi connectivity index (χ1n) is 8.20. The zero-order valence-corrected chi connectivity index (χ0v) is 17.1. The highest BCUT2D eigenvalue weighted by Crippen LogP contribution is 2.42. The molecule has 1 amide bonds. The lowest BCUT2D eigenvalue weighted by molar-refractivity contribution is -0.286. The first kappa shape index (κ1) is 20.5. The number of nitrogens with two attached hydrogens (primary N) is 1. The fourth-order valence-electron chi connectivity index (χ4n) is 2.58. The number of thioether (sulfide) groups is 1. The topological polar surface area (TPSA) is 104 Å². The van der Waals surface area contributed by atoms with Gasteiger partial charge in [0.25, 0.3) is 0 Å². The van der Waals surface area contributed by atoms with E-state index in [2.05, 4.69) is 25.0 Å². The fourth-order valence-corrected chi connectivity index (χ4v) is 3.61. The molecule has 0 fully saturated rings. The molecular weight excluding hydrogens is 463 g/mol. The summed E-state index contributed by atoms with van der Waals surface area (Å²) in [6, 6.07) is 8.76. The second kappa shape index (κ2) is 7.82. The number of aromatic nitrogens is 3. The molecule has 2 aromatic carbocycles. The van der Waals surface area contributed by atoms with E-state index in [9.17, 15) is 13.6 Å². The summed E-state index contributed by atoms with van der Waals surface area (Å²) in [5.41, 5.74) is 0.758. The van der Waals surface area contributed by atoms with E-state index in [1.165, 1.54) is 22.9 Å². The van der Waals surface area contributed by atoms with Crippen LogP contribution < -0.4 is 20.6 Å². The third-order valence-corrected chi connectivity index (χ3v) is 5.36. The van der Waals surface area contributed by atoms with Crippen molar-refractivity contribution in [3.8, 4) is 22.9 Å². The Balaban J connectivity index is 1.41. The van der Waals surface area contributed by atoms with E-state index in [0.29, 0.717) is 15.6 Å². The van der Waals surface area contributed by atoms with Gasteiger partial charge in [0.05, 0.1) is 10.8 Å². The molecule has 0 aliphatic carbocycles. The number of ether oxygens (including phenoxy) is 2. The number of hydrogen-bond donors (Lipinski definition) is 2. The van der Waals surface area contributed by atoms with Crippen LogP contribution in [0.1, 0.15) is 0 Å². The summed E-state index contributed by atoms with van der Waals surface area (Å²) in [4.78, 5) is 12.2. The van der Waals surface area contributed by atoms with Gasteiger partial charge < -0.3 is 20.6 Å². The second-order valence-corrected chi connectivity index (χ2v) is 7.75. The van der Waals surface area contributed by atoms with Gasteiger partial charge in [-0.15, -0.1) is 19.0 Å². The molecule has 1 aliphatic rings. The Morgan fingerprint density at radius 2 is 1.93 bits per heavy atom. The second-order valence-electron chi connectivity index (χ2n) is 5.97. The van der Waals surface area contributed by atoms with Gasteiger partial charge in [0.15, 0.2) is 17.3 Å². The number of nitrogen functional groups attached to an aromatic ring is 1. The Labute approximate surface area is 182 Å². The van der Waals surface area contributed by atoms with Crippen LogP contribution >= 0.6 is 35.0 Å². The molecule has 0 atom stereocenters. The molecule has 0 saturated carbocycles. The largest absolute Gasteiger partial charge is 0.586 e. The number of nitrogens with one attached hydrogen (secondary N) is 1. The van der Waals surface area contributed by atoms with Gasteiger partial charge in [0, 0.05) is 22.3 Å². The number of carbonyl (C=O) groups is 1. The normalized spacial score (nSPS) is 14.0. The van der Waals surface area contributed by atoms with E-state index in [-0.39, 0.29) is 33.9 Å². The third-order valence-electron chi connectivity index (χ3n) is 3.85. The van der Waals surface area contributed by atoms with E-state index in [1.807, 2.05) is 0 Å². The van der Waals surface area contributed by atoms with E-state index < -0.39 is 12.2 Å². The molecular formula is C17H11Cl2F2N5O3S. The van der Waals surface area contributed by atoms with E-state index in [4.69, 9.17) is 29.0 Å². The van der Waals surface area contributed by atoms with Gasteiger partial charge in [-0.05, 0) is 30.3 Å². The van der Waals surface area contributed by atoms with Crippen LogP contribution in [0.4, 0.5) is 14.5 Å². The first-order chi connectivity index (χ1) is 14.2. The number of halogens is 4. The van der Waals surface area contributed by atoms with Crippen LogP contribution in [-0.2, 0) is 4.79 Å². The maximum absolute atomic E-state index is 13.1. The summed E-state index contributed by atoms with van der Waals surface area (Å²) in [6.07, 6.45) is -3.73. The van der Waals surface area contributed by atoms with Gasteiger partial charge in [-0.25, -0.2) is 4.68 Å². The Kier molecular flexibility index (Phi) is 5.35. The highest BCUT2D eigenvalue weighted by atomic mass is 35.5. The van der Waals surface area contributed by atoms with Gasteiger partial charge in [-0.1, -0.05) is 35.0 Å². The average molecular weight is 474 g/mol. The Morgan fingerprint density at radius 1 is 1.17 bits per heavy atom. The number of carbonyl (C=O) groups excluding carboxylic acids is 1. The minimum atomic E-state index is -3.73. The highest BCUT2D eigenvalue weighted by molar-refractivity contribution is 7.99. The van der Waals surface area contributed by atoms with E-state index in [0.717, 1.165) is 11.8 Å². The number of anilines is 1. The minimum absolute atomic E-state index is 0.0663. The Morgan fingerprint density at radius 3 is 2.73 bits per heavy atom. The molecule has 0 bridgehead atoms. The van der Waals surface area contributed by atoms with Gasteiger partial charge in [0.1, 0.15) is 0 Å². The molecule has 0 radical (unpaired) electrons. The maximum atomic E-state index is 13.1. The van der Waals surface area contributed by atoms with Crippen molar-refractivity contribution in [2.24, 2.45) is 0 Å². The number of hydrogen-bond acceptors (Lipinski definition) is 7. The fraction of sp³-hybridized carbons (Fsp3) is 0.118. The number of nitrogens with zero attached hydrogens (tertiary/aromatic N) is 3. The standard InChI is InChI=1S/C17H11Cl2F2N5O3S/c18-8-1-3-11(19)10(5-8)15-24-25-16(26(15)22)30-7-14(27)23-9-2-4-12-13(6-9)29-17(20,21)28-12/h1-6H,7,22H2,(H,23,27). The average Bonchev–Trinajstić information content (AvgIpc) is 3.19. The zero-order valence-electron chi connectivity index (χ0n) is 14.7. The summed E-state index contributed by atoms with van der Waals surface area (Å²) in [7, 11) is 0. The monoisotopic (exact) mass is 473 g/mol. The van der Waals surface area contributed by atoms with Crippen molar-refractivity contribution in [3.63, 3.8) is 0 Å². The van der Waals surface area contributed by atoms with Gasteiger partial charge in [0.2, 0.25) is 11.1 Å². The summed E-state index contributed by atoms with van der Waals surface area (Å²) in [5.74, 6) is 5.52. The predicted octanol–water partition coefficient (Wildman–Crippen LogP) is 4.02. The van der Waals surface area contributed by atoms with Crippen LogP contribution in [0.25, 0.3) is 11.4 Å². The molecule has 0 unspecified atom stereocenters.